The second-order valence-electron chi connectivity index (χ2n) is 4.12. The van der Waals surface area contributed by atoms with E-state index in [4.69, 9.17) is 0 Å². The summed E-state index contributed by atoms with van der Waals surface area (Å²) in [4.78, 5) is 11.8. The topological polar surface area (TPSA) is 41.1 Å². The maximum atomic E-state index is 12.9. The smallest absolute Gasteiger partial charge is 0.241 e. The van der Waals surface area contributed by atoms with Gasteiger partial charge in [-0.2, -0.15) is 0 Å². The molecule has 0 aliphatic carbocycles. The number of halogens is 3. The van der Waals surface area contributed by atoms with Crippen molar-refractivity contribution in [3.63, 3.8) is 0 Å². The highest BCUT2D eigenvalue weighted by Crippen LogP contribution is 2.15. The molecule has 1 amide bonds. The third-order valence-electron chi connectivity index (χ3n) is 2.81. The molecule has 6 heteroatoms. The van der Waals surface area contributed by atoms with E-state index in [0.717, 1.165) is 37.9 Å². The summed E-state index contributed by atoms with van der Waals surface area (Å²) in [7, 11) is 0. The number of amides is 1. The van der Waals surface area contributed by atoms with E-state index in [-0.39, 0.29) is 30.0 Å². The molecule has 0 saturated carbocycles. The largest absolute Gasteiger partial charge is 0.325 e. The van der Waals surface area contributed by atoms with E-state index in [1.165, 1.54) is 6.07 Å². The first kappa shape index (κ1) is 14.9. The Morgan fingerprint density at radius 2 is 2.06 bits per heavy atom. The van der Waals surface area contributed by atoms with Crippen LogP contribution in [0, 0.1) is 11.6 Å². The van der Waals surface area contributed by atoms with Crippen molar-refractivity contribution in [3.05, 3.63) is 29.8 Å². The standard InChI is InChI=1S/C12H14F2N2O.ClH/c13-9-5-4-8(7-10(9)14)16-12(17)11-3-1-2-6-15-11;/h4-5,7,11,15H,1-3,6H2,(H,16,17);1H/t11-;/m0./s1. The number of piperidine rings is 1. The van der Waals surface area contributed by atoms with Crippen LogP contribution in [0.4, 0.5) is 14.5 Å². The lowest BCUT2D eigenvalue weighted by Crippen LogP contribution is -2.43. The van der Waals surface area contributed by atoms with Crippen LogP contribution in [0.15, 0.2) is 18.2 Å². The molecular formula is C12H15ClF2N2O. The fraction of sp³-hybridized carbons (Fsp3) is 0.417. The van der Waals surface area contributed by atoms with E-state index in [1.54, 1.807) is 0 Å². The van der Waals surface area contributed by atoms with Crippen molar-refractivity contribution < 1.29 is 13.6 Å². The van der Waals surface area contributed by atoms with Crippen LogP contribution >= 0.6 is 12.4 Å². The van der Waals surface area contributed by atoms with Crippen LogP contribution in [0.2, 0.25) is 0 Å². The van der Waals surface area contributed by atoms with Crippen molar-refractivity contribution in [2.75, 3.05) is 11.9 Å². The highest BCUT2D eigenvalue weighted by atomic mass is 35.5. The fourth-order valence-electron chi connectivity index (χ4n) is 1.88. The third kappa shape index (κ3) is 3.65. The molecule has 1 aromatic rings. The van der Waals surface area contributed by atoms with Gasteiger partial charge in [0.1, 0.15) is 0 Å². The molecule has 3 nitrogen and oxygen atoms in total. The Morgan fingerprint density at radius 3 is 2.67 bits per heavy atom. The molecule has 2 rings (SSSR count). The summed E-state index contributed by atoms with van der Waals surface area (Å²) in [6.45, 7) is 0.815. The van der Waals surface area contributed by atoms with Gasteiger partial charge in [0.05, 0.1) is 6.04 Å². The lowest BCUT2D eigenvalue weighted by Gasteiger charge is -2.22. The lowest BCUT2D eigenvalue weighted by molar-refractivity contribution is -0.118. The molecule has 0 aromatic heterocycles. The van der Waals surface area contributed by atoms with Crippen molar-refractivity contribution in [2.24, 2.45) is 0 Å². The summed E-state index contributed by atoms with van der Waals surface area (Å²) < 4.78 is 25.6. The van der Waals surface area contributed by atoms with E-state index in [9.17, 15) is 13.6 Å². The van der Waals surface area contributed by atoms with Gasteiger partial charge in [-0.1, -0.05) is 6.42 Å². The third-order valence-corrected chi connectivity index (χ3v) is 2.81. The van der Waals surface area contributed by atoms with Gasteiger partial charge in [0.25, 0.3) is 0 Å². The Bertz CT molecular complexity index is 423. The van der Waals surface area contributed by atoms with Gasteiger partial charge in [-0.25, -0.2) is 8.78 Å². The molecule has 1 aliphatic heterocycles. The van der Waals surface area contributed by atoms with Crippen LogP contribution in [-0.2, 0) is 4.79 Å². The van der Waals surface area contributed by atoms with E-state index < -0.39 is 11.6 Å². The minimum absolute atomic E-state index is 0. The zero-order valence-electron chi connectivity index (χ0n) is 9.71. The summed E-state index contributed by atoms with van der Waals surface area (Å²) in [5.74, 6) is -2.08. The predicted molar refractivity (Wildman–Crippen MR) is 67.9 cm³/mol. The second-order valence-corrected chi connectivity index (χ2v) is 4.12. The monoisotopic (exact) mass is 276 g/mol. The first-order chi connectivity index (χ1) is 8.16. The Balaban J connectivity index is 0.00000162. The van der Waals surface area contributed by atoms with Crippen molar-refractivity contribution in [1.29, 1.82) is 0 Å². The average molecular weight is 277 g/mol. The number of nitrogens with one attached hydrogen (secondary N) is 2. The van der Waals surface area contributed by atoms with Crippen LogP contribution in [0.25, 0.3) is 0 Å². The van der Waals surface area contributed by atoms with Crippen molar-refractivity contribution >= 4 is 24.0 Å². The van der Waals surface area contributed by atoms with E-state index in [0.29, 0.717) is 0 Å². The number of carbonyl (C=O) groups excluding carboxylic acids is 1. The lowest BCUT2D eigenvalue weighted by atomic mass is 10.0. The highest BCUT2D eigenvalue weighted by molar-refractivity contribution is 5.94. The number of anilines is 1. The van der Waals surface area contributed by atoms with E-state index >= 15 is 0 Å². The van der Waals surface area contributed by atoms with Gasteiger partial charge in [0.2, 0.25) is 5.91 Å². The quantitative estimate of drug-likeness (QED) is 0.871. The molecule has 1 aromatic carbocycles. The first-order valence-corrected chi connectivity index (χ1v) is 5.66. The molecule has 18 heavy (non-hydrogen) atoms. The fourth-order valence-corrected chi connectivity index (χ4v) is 1.88. The normalized spacial score (nSPS) is 18.9. The molecule has 1 heterocycles. The molecule has 2 N–H and O–H groups in total. The Hall–Kier alpha value is -1.20. The number of hydrogen-bond acceptors (Lipinski definition) is 2. The van der Waals surface area contributed by atoms with E-state index in [1.807, 2.05) is 0 Å². The van der Waals surface area contributed by atoms with Gasteiger partial charge >= 0.3 is 0 Å². The van der Waals surface area contributed by atoms with Gasteiger partial charge in [-0.3, -0.25) is 4.79 Å². The maximum absolute atomic E-state index is 12.9. The number of rotatable bonds is 2. The van der Waals surface area contributed by atoms with Gasteiger partial charge in [-0.05, 0) is 31.5 Å². The molecule has 0 spiro atoms. The SMILES string of the molecule is Cl.O=C(Nc1ccc(F)c(F)c1)[C@@H]1CCCCN1. The maximum Gasteiger partial charge on any atom is 0.241 e. The zero-order valence-corrected chi connectivity index (χ0v) is 10.5. The molecule has 100 valence electrons. The first-order valence-electron chi connectivity index (χ1n) is 5.66. The summed E-state index contributed by atoms with van der Waals surface area (Å²) in [5.41, 5.74) is 0.279. The summed E-state index contributed by atoms with van der Waals surface area (Å²) in [5, 5.41) is 5.66. The van der Waals surface area contributed by atoms with Crippen molar-refractivity contribution in [2.45, 2.75) is 25.3 Å². The van der Waals surface area contributed by atoms with Crippen LogP contribution in [0.1, 0.15) is 19.3 Å². The minimum Gasteiger partial charge on any atom is -0.325 e. The Labute approximate surface area is 110 Å². The zero-order chi connectivity index (χ0) is 12.3. The second kappa shape index (κ2) is 6.66. The Morgan fingerprint density at radius 1 is 1.28 bits per heavy atom. The van der Waals surface area contributed by atoms with Crippen LogP contribution in [0.5, 0.6) is 0 Å². The van der Waals surface area contributed by atoms with Gasteiger partial charge in [0.15, 0.2) is 11.6 Å². The molecular weight excluding hydrogens is 262 g/mol. The van der Waals surface area contributed by atoms with Crippen LogP contribution in [0.3, 0.4) is 0 Å². The van der Waals surface area contributed by atoms with Gasteiger partial charge < -0.3 is 10.6 Å². The molecule has 0 unspecified atom stereocenters. The molecule has 0 bridgehead atoms. The number of hydrogen-bond donors (Lipinski definition) is 2. The average Bonchev–Trinajstić information content (AvgIpc) is 2.35. The van der Waals surface area contributed by atoms with E-state index in [2.05, 4.69) is 10.6 Å². The summed E-state index contributed by atoms with van der Waals surface area (Å²) in [6, 6.07) is 3.09. The molecule has 1 fully saturated rings. The van der Waals surface area contributed by atoms with Crippen molar-refractivity contribution in [1.82, 2.24) is 5.32 Å². The minimum atomic E-state index is -0.959. The molecule has 1 saturated heterocycles. The summed E-state index contributed by atoms with van der Waals surface area (Å²) >= 11 is 0. The highest BCUT2D eigenvalue weighted by Gasteiger charge is 2.20. The van der Waals surface area contributed by atoms with Crippen LogP contribution < -0.4 is 10.6 Å². The number of benzene rings is 1. The predicted octanol–water partition coefficient (Wildman–Crippen LogP) is 2.47. The van der Waals surface area contributed by atoms with Gasteiger partial charge in [0, 0.05) is 11.8 Å². The molecule has 0 radical (unpaired) electrons. The number of carbonyl (C=O) groups is 1. The summed E-state index contributed by atoms with van der Waals surface area (Å²) in [6.07, 6.45) is 2.84. The van der Waals surface area contributed by atoms with Gasteiger partial charge in [-0.15, -0.1) is 12.4 Å². The Kier molecular flexibility index (Phi) is 5.50. The molecule has 1 aliphatic rings. The molecule has 1 atom stereocenters. The van der Waals surface area contributed by atoms with Crippen LogP contribution in [-0.4, -0.2) is 18.5 Å². The van der Waals surface area contributed by atoms with Crippen molar-refractivity contribution in [3.8, 4) is 0 Å².